The van der Waals surface area contributed by atoms with Gasteiger partial charge in [-0.05, 0) is 67.5 Å². The Morgan fingerprint density at radius 3 is 2.20 bits per heavy atom. The van der Waals surface area contributed by atoms with Gasteiger partial charge in [0.05, 0.1) is 11.9 Å². The zero-order chi connectivity index (χ0) is 30.0. The van der Waals surface area contributed by atoms with Gasteiger partial charge in [-0.2, -0.15) is 0 Å². The summed E-state index contributed by atoms with van der Waals surface area (Å²) in [6, 6.07) is 22.4. The largest absolute Gasteiger partial charge is 0.354 e. The first kappa shape index (κ1) is 31.9. The van der Waals surface area contributed by atoms with E-state index < -0.39 is 16.1 Å². The summed E-state index contributed by atoms with van der Waals surface area (Å²) in [5.41, 5.74) is 5.48. The second-order valence-electron chi connectivity index (χ2n) is 10.6. The predicted molar refractivity (Wildman–Crippen MR) is 166 cm³/mol. The van der Waals surface area contributed by atoms with Crippen molar-refractivity contribution in [3.8, 4) is 0 Å². The van der Waals surface area contributed by atoms with Gasteiger partial charge in [-0.3, -0.25) is 13.9 Å². The van der Waals surface area contributed by atoms with E-state index in [1.807, 2.05) is 94.4 Å². The molecule has 1 N–H and O–H groups in total. The summed E-state index contributed by atoms with van der Waals surface area (Å²) in [6.45, 7) is 8.81. The minimum Gasteiger partial charge on any atom is -0.354 e. The molecule has 3 aromatic carbocycles. The summed E-state index contributed by atoms with van der Waals surface area (Å²) >= 11 is 0. The third kappa shape index (κ3) is 8.92. The molecule has 0 saturated carbocycles. The maximum atomic E-state index is 13.9. The van der Waals surface area contributed by atoms with Crippen molar-refractivity contribution in [3.63, 3.8) is 0 Å². The first-order chi connectivity index (χ1) is 19.5. The topological polar surface area (TPSA) is 86.8 Å². The van der Waals surface area contributed by atoms with Crippen LogP contribution < -0.4 is 9.62 Å². The summed E-state index contributed by atoms with van der Waals surface area (Å²) in [7, 11) is -3.57. The van der Waals surface area contributed by atoms with Crippen molar-refractivity contribution in [2.45, 2.75) is 66.0 Å². The van der Waals surface area contributed by atoms with Gasteiger partial charge in [0.25, 0.3) is 0 Å². The van der Waals surface area contributed by atoms with E-state index in [0.29, 0.717) is 25.1 Å². The van der Waals surface area contributed by atoms with Crippen LogP contribution in [-0.2, 0) is 32.6 Å². The lowest BCUT2D eigenvalue weighted by molar-refractivity contribution is -0.141. The molecule has 7 nitrogen and oxygen atoms in total. The highest BCUT2D eigenvalue weighted by Gasteiger charge is 2.30. The standard InChI is InChI=1S/C33H43N3O4S/c1-6-21-34-33(38)31(23-28-16-8-7-9-17-28)35(24-29-18-11-10-14-26(29)3)32(37)20-13-22-36(41(5,39)40)30-19-12-15-25(2)27(30)4/h7-12,14-19,31H,6,13,20-24H2,1-5H3,(H,34,38)/t31-/m0/s1. The number of carbonyl (C=O) groups excluding carboxylic acids is 2. The molecule has 0 aliphatic carbocycles. The molecule has 0 bridgehead atoms. The fraction of sp³-hybridized carbons (Fsp3) is 0.394. The zero-order valence-electron chi connectivity index (χ0n) is 24.9. The zero-order valence-corrected chi connectivity index (χ0v) is 25.7. The Hall–Kier alpha value is -3.65. The number of sulfonamides is 1. The highest BCUT2D eigenvalue weighted by atomic mass is 32.2. The minimum absolute atomic E-state index is 0.106. The van der Waals surface area contributed by atoms with Crippen LogP contribution >= 0.6 is 0 Å². The van der Waals surface area contributed by atoms with Crippen LogP contribution in [0.25, 0.3) is 0 Å². The highest BCUT2D eigenvalue weighted by molar-refractivity contribution is 7.92. The number of carbonyl (C=O) groups is 2. The summed E-state index contributed by atoms with van der Waals surface area (Å²) < 4.78 is 26.9. The number of hydrogen-bond donors (Lipinski definition) is 1. The number of nitrogens with zero attached hydrogens (tertiary/aromatic N) is 2. The minimum atomic E-state index is -3.57. The van der Waals surface area contributed by atoms with E-state index in [-0.39, 0.29) is 31.3 Å². The van der Waals surface area contributed by atoms with Crippen LogP contribution in [0, 0.1) is 20.8 Å². The molecule has 0 spiro atoms. The Bertz CT molecular complexity index is 1420. The van der Waals surface area contributed by atoms with Crippen molar-refractivity contribution in [1.29, 1.82) is 0 Å². The number of aryl methyl sites for hydroxylation is 2. The molecule has 220 valence electrons. The predicted octanol–water partition coefficient (Wildman–Crippen LogP) is 5.32. The molecule has 41 heavy (non-hydrogen) atoms. The van der Waals surface area contributed by atoms with Crippen LogP contribution in [0.3, 0.4) is 0 Å². The molecule has 2 amide bonds. The second-order valence-corrected chi connectivity index (χ2v) is 12.5. The third-order valence-electron chi connectivity index (χ3n) is 7.42. The number of anilines is 1. The van der Waals surface area contributed by atoms with E-state index in [2.05, 4.69) is 5.32 Å². The quantitative estimate of drug-likeness (QED) is 0.281. The normalized spacial score (nSPS) is 12.0. The molecule has 0 aliphatic rings. The van der Waals surface area contributed by atoms with Gasteiger partial charge in [0.1, 0.15) is 6.04 Å². The van der Waals surface area contributed by atoms with E-state index in [0.717, 1.165) is 34.2 Å². The summed E-state index contributed by atoms with van der Waals surface area (Å²) in [5.74, 6) is -0.374. The maximum absolute atomic E-state index is 13.9. The van der Waals surface area contributed by atoms with Crippen LogP contribution in [0.15, 0.2) is 72.8 Å². The number of nitrogens with one attached hydrogen (secondary N) is 1. The molecular weight excluding hydrogens is 534 g/mol. The van der Waals surface area contributed by atoms with E-state index in [4.69, 9.17) is 0 Å². The second kappa shape index (κ2) is 14.8. The summed E-state index contributed by atoms with van der Waals surface area (Å²) in [4.78, 5) is 29.1. The SMILES string of the molecule is CCCNC(=O)[C@H](Cc1ccccc1)N(Cc1ccccc1C)C(=O)CCCN(c1cccc(C)c1C)S(C)(=O)=O. The van der Waals surface area contributed by atoms with Crippen molar-refractivity contribution < 1.29 is 18.0 Å². The van der Waals surface area contributed by atoms with Crippen LogP contribution in [0.4, 0.5) is 5.69 Å². The van der Waals surface area contributed by atoms with Gasteiger partial charge in [-0.25, -0.2) is 8.42 Å². The molecule has 3 aromatic rings. The van der Waals surface area contributed by atoms with Crippen molar-refractivity contribution in [1.82, 2.24) is 10.2 Å². The third-order valence-corrected chi connectivity index (χ3v) is 8.60. The molecule has 0 aliphatic heterocycles. The Kier molecular flexibility index (Phi) is 11.5. The Morgan fingerprint density at radius 1 is 0.878 bits per heavy atom. The van der Waals surface area contributed by atoms with E-state index in [1.54, 1.807) is 11.0 Å². The van der Waals surface area contributed by atoms with Gasteiger partial charge >= 0.3 is 0 Å². The van der Waals surface area contributed by atoms with Gasteiger partial charge in [0.15, 0.2) is 0 Å². The van der Waals surface area contributed by atoms with Crippen LogP contribution in [0.2, 0.25) is 0 Å². The summed E-state index contributed by atoms with van der Waals surface area (Å²) in [5, 5.41) is 3.00. The van der Waals surface area contributed by atoms with E-state index in [9.17, 15) is 18.0 Å². The molecular formula is C33H43N3O4S. The Labute approximate surface area is 245 Å². The number of rotatable bonds is 14. The number of benzene rings is 3. The van der Waals surface area contributed by atoms with E-state index >= 15 is 0 Å². The smallest absolute Gasteiger partial charge is 0.243 e. The summed E-state index contributed by atoms with van der Waals surface area (Å²) in [6.07, 6.45) is 2.78. The van der Waals surface area contributed by atoms with Gasteiger partial charge < -0.3 is 10.2 Å². The monoisotopic (exact) mass is 577 g/mol. The van der Waals surface area contributed by atoms with Crippen LogP contribution in [0.5, 0.6) is 0 Å². The van der Waals surface area contributed by atoms with Crippen molar-refractivity contribution >= 4 is 27.5 Å². The number of amides is 2. The average Bonchev–Trinajstić information content (AvgIpc) is 2.94. The van der Waals surface area contributed by atoms with Crippen LogP contribution in [-0.4, -0.2) is 50.5 Å². The lowest BCUT2D eigenvalue weighted by Crippen LogP contribution is -2.50. The van der Waals surface area contributed by atoms with Crippen molar-refractivity contribution in [2.24, 2.45) is 0 Å². The van der Waals surface area contributed by atoms with Crippen molar-refractivity contribution in [2.75, 3.05) is 23.7 Å². The van der Waals surface area contributed by atoms with Gasteiger partial charge in [0, 0.05) is 32.5 Å². The molecule has 1 atom stereocenters. The molecule has 8 heteroatoms. The van der Waals surface area contributed by atoms with Crippen molar-refractivity contribution in [3.05, 3.63) is 101 Å². The van der Waals surface area contributed by atoms with Gasteiger partial charge in [-0.1, -0.05) is 73.7 Å². The lowest BCUT2D eigenvalue weighted by Gasteiger charge is -2.32. The Balaban J connectivity index is 1.90. The van der Waals surface area contributed by atoms with Gasteiger partial charge in [0.2, 0.25) is 21.8 Å². The molecule has 0 unspecified atom stereocenters. The number of hydrogen-bond acceptors (Lipinski definition) is 4. The fourth-order valence-electron chi connectivity index (χ4n) is 4.88. The van der Waals surface area contributed by atoms with Gasteiger partial charge in [-0.15, -0.1) is 0 Å². The lowest BCUT2D eigenvalue weighted by atomic mass is 10.0. The maximum Gasteiger partial charge on any atom is 0.243 e. The van der Waals surface area contributed by atoms with Crippen LogP contribution in [0.1, 0.15) is 54.0 Å². The molecule has 0 radical (unpaired) electrons. The Morgan fingerprint density at radius 2 is 1.54 bits per heavy atom. The molecule has 0 aromatic heterocycles. The average molecular weight is 578 g/mol. The highest BCUT2D eigenvalue weighted by Crippen LogP contribution is 2.26. The molecule has 0 fully saturated rings. The molecule has 3 rings (SSSR count). The fourth-order valence-corrected chi connectivity index (χ4v) is 5.90. The van der Waals surface area contributed by atoms with E-state index in [1.165, 1.54) is 10.6 Å². The first-order valence-electron chi connectivity index (χ1n) is 14.2. The molecule has 0 heterocycles. The molecule has 0 saturated heterocycles. The first-order valence-corrected chi connectivity index (χ1v) is 16.1.